The summed E-state index contributed by atoms with van der Waals surface area (Å²) in [4.78, 5) is 28.6. The third-order valence-electron chi connectivity index (χ3n) is 5.41. The number of Topliss-reactive ketones (excluding diaryl/α,β-unsaturated/α-hetero) is 1. The Kier molecular flexibility index (Phi) is 5.36. The molecule has 0 spiro atoms. The summed E-state index contributed by atoms with van der Waals surface area (Å²) in [5, 5.41) is 3.77. The molecular formula is C20H21FN2O5. The highest BCUT2D eigenvalue weighted by Crippen LogP contribution is 2.40. The van der Waals surface area contributed by atoms with Crippen molar-refractivity contribution in [1.82, 2.24) is 10.1 Å². The number of fused-ring (bicyclic) bond motifs is 2. The van der Waals surface area contributed by atoms with E-state index in [1.54, 1.807) is 0 Å². The van der Waals surface area contributed by atoms with Crippen LogP contribution in [0.25, 0.3) is 0 Å². The predicted molar refractivity (Wildman–Crippen MR) is 93.4 cm³/mol. The summed E-state index contributed by atoms with van der Waals surface area (Å²) in [5.41, 5.74) is 0. The van der Waals surface area contributed by atoms with Gasteiger partial charge in [-0.1, -0.05) is 11.6 Å². The molecule has 2 saturated carbocycles. The lowest BCUT2D eigenvalue weighted by Gasteiger charge is -2.36. The Hall–Kier alpha value is -2.77. The van der Waals surface area contributed by atoms with Crippen molar-refractivity contribution in [3.8, 4) is 5.75 Å². The molecule has 2 aromatic rings. The van der Waals surface area contributed by atoms with E-state index in [0.717, 1.165) is 19.3 Å². The van der Waals surface area contributed by atoms with Gasteiger partial charge in [0.2, 0.25) is 5.82 Å². The Morgan fingerprint density at radius 3 is 2.57 bits per heavy atom. The molecule has 148 valence electrons. The Bertz CT molecular complexity index is 835. The topological polar surface area (TPSA) is 91.5 Å². The van der Waals surface area contributed by atoms with Crippen molar-refractivity contribution in [3.05, 3.63) is 41.8 Å². The number of ether oxygens (including phenoxy) is 2. The number of benzene rings is 1. The quantitative estimate of drug-likeness (QED) is 0.702. The van der Waals surface area contributed by atoms with E-state index in [-0.39, 0.29) is 48.6 Å². The summed E-state index contributed by atoms with van der Waals surface area (Å²) < 4.78 is 28.7. The van der Waals surface area contributed by atoms with Crippen LogP contribution in [0.2, 0.25) is 0 Å². The third kappa shape index (κ3) is 4.21. The fourth-order valence-electron chi connectivity index (χ4n) is 4.01. The maximum absolute atomic E-state index is 12.9. The highest BCUT2D eigenvalue weighted by Gasteiger charge is 2.41. The minimum absolute atomic E-state index is 0.00340. The Balaban J connectivity index is 1.25. The van der Waals surface area contributed by atoms with E-state index in [1.807, 2.05) is 0 Å². The zero-order valence-corrected chi connectivity index (χ0v) is 15.3. The molecule has 1 heterocycles. The van der Waals surface area contributed by atoms with Gasteiger partial charge in [-0.25, -0.2) is 4.39 Å². The first-order chi connectivity index (χ1) is 13.6. The van der Waals surface area contributed by atoms with Crippen LogP contribution < -0.4 is 4.74 Å². The molecule has 28 heavy (non-hydrogen) atoms. The lowest BCUT2D eigenvalue weighted by Crippen LogP contribution is -2.39. The van der Waals surface area contributed by atoms with E-state index in [4.69, 9.17) is 14.0 Å². The first-order valence-corrected chi connectivity index (χ1v) is 9.48. The minimum atomic E-state index is -0.345. The standard InChI is InChI=1S/C20H21FN2O5/c21-15-4-6-16(7-5-15)26-10-17-22-18(28-23-17)11-27-20(25)14-8-12-2-1-3-13(9-14)19(12)24/h4-7,12-14H,1-3,8-11H2. The van der Waals surface area contributed by atoms with Crippen molar-refractivity contribution < 1.29 is 28.0 Å². The largest absolute Gasteiger partial charge is 0.485 e. The molecule has 7 nitrogen and oxygen atoms in total. The molecule has 4 rings (SSSR count). The van der Waals surface area contributed by atoms with E-state index in [1.165, 1.54) is 24.3 Å². The first-order valence-electron chi connectivity index (χ1n) is 9.48. The number of nitrogens with zero attached hydrogens (tertiary/aromatic N) is 2. The number of rotatable bonds is 6. The number of aromatic nitrogens is 2. The molecule has 0 amide bonds. The number of ketones is 1. The van der Waals surface area contributed by atoms with Crippen LogP contribution in [0.1, 0.15) is 43.8 Å². The second-order valence-corrected chi connectivity index (χ2v) is 7.35. The normalized spacial score (nSPS) is 24.0. The maximum atomic E-state index is 12.9. The van der Waals surface area contributed by atoms with Crippen molar-refractivity contribution in [2.24, 2.45) is 17.8 Å². The van der Waals surface area contributed by atoms with Gasteiger partial charge >= 0.3 is 5.97 Å². The van der Waals surface area contributed by atoms with Crippen LogP contribution >= 0.6 is 0 Å². The molecule has 2 bridgehead atoms. The molecule has 0 saturated heterocycles. The molecule has 2 aliphatic carbocycles. The van der Waals surface area contributed by atoms with Crippen molar-refractivity contribution in [1.29, 1.82) is 0 Å². The Labute approximate surface area is 161 Å². The molecule has 2 fully saturated rings. The number of carbonyl (C=O) groups is 2. The summed E-state index contributed by atoms with van der Waals surface area (Å²) in [6, 6.07) is 5.59. The summed E-state index contributed by atoms with van der Waals surface area (Å²) in [6.07, 6.45) is 3.97. The summed E-state index contributed by atoms with van der Waals surface area (Å²) in [7, 11) is 0. The molecule has 2 aliphatic rings. The Morgan fingerprint density at radius 2 is 1.86 bits per heavy atom. The van der Waals surface area contributed by atoms with Crippen LogP contribution in [0.5, 0.6) is 5.75 Å². The van der Waals surface area contributed by atoms with Crippen molar-refractivity contribution in [2.75, 3.05) is 0 Å². The maximum Gasteiger partial charge on any atom is 0.309 e. The van der Waals surface area contributed by atoms with Crippen LogP contribution in [-0.4, -0.2) is 21.9 Å². The summed E-state index contributed by atoms with van der Waals surface area (Å²) in [6.45, 7) is -0.0562. The lowest BCUT2D eigenvalue weighted by atomic mass is 9.67. The van der Waals surface area contributed by atoms with E-state index in [2.05, 4.69) is 10.1 Å². The number of hydrogen-bond donors (Lipinski definition) is 0. The van der Waals surface area contributed by atoms with Crippen LogP contribution in [0.3, 0.4) is 0 Å². The average molecular weight is 388 g/mol. The molecule has 0 radical (unpaired) electrons. The highest BCUT2D eigenvalue weighted by molar-refractivity contribution is 5.87. The van der Waals surface area contributed by atoms with Crippen LogP contribution in [-0.2, 0) is 27.5 Å². The molecule has 1 aromatic heterocycles. The van der Waals surface area contributed by atoms with Crippen molar-refractivity contribution in [3.63, 3.8) is 0 Å². The van der Waals surface area contributed by atoms with Gasteiger partial charge in [-0.3, -0.25) is 9.59 Å². The van der Waals surface area contributed by atoms with Gasteiger partial charge in [0.15, 0.2) is 13.2 Å². The summed E-state index contributed by atoms with van der Waals surface area (Å²) in [5.74, 6) is 0.388. The second-order valence-electron chi connectivity index (χ2n) is 7.35. The van der Waals surface area contributed by atoms with Gasteiger partial charge in [0, 0.05) is 11.8 Å². The van der Waals surface area contributed by atoms with Gasteiger partial charge in [0.05, 0.1) is 5.92 Å². The van der Waals surface area contributed by atoms with Crippen LogP contribution in [0, 0.1) is 23.6 Å². The smallest absolute Gasteiger partial charge is 0.309 e. The van der Waals surface area contributed by atoms with Gasteiger partial charge in [-0.15, -0.1) is 0 Å². The molecule has 0 N–H and O–H groups in total. The fourth-order valence-corrected chi connectivity index (χ4v) is 4.01. The van der Waals surface area contributed by atoms with Crippen LogP contribution in [0.15, 0.2) is 28.8 Å². The molecule has 0 aliphatic heterocycles. The molecule has 2 atom stereocenters. The molecule has 1 aromatic carbocycles. The molecular weight excluding hydrogens is 367 g/mol. The zero-order chi connectivity index (χ0) is 19.5. The number of halogens is 1. The van der Waals surface area contributed by atoms with Crippen LogP contribution in [0.4, 0.5) is 4.39 Å². The lowest BCUT2D eigenvalue weighted by molar-refractivity contribution is -0.155. The summed E-state index contributed by atoms with van der Waals surface area (Å²) >= 11 is 0. The number of carbonyl (C=O) groups excluding carboxylic acids is 2. The zero-order valence-electron chi connectivity index (χ0n) is 15.3. The van der Waals surface area contributed by atoms with Gasteiger partial charge in [-0.2, -0.15) is 4.98 Å². The van der Waals surface area contributed by atoms with Crippen molar-refractivity contribution in [2.45, 2.75) is 45.3 Å². The average Bonchev–Trinajstić information content (AvgIpc) is 3.13. The number of hydrogen-bond acceptors (Lipinski definition) is 7. The minimum Gasteiger partial charge on any atom is -0.485 e. The molecule has 2 unspecified atom stereocenters. The predicted octanol–water partition coefficient (Wildman–Crippen LogP) is 3.23. The third-order valence-corrected chi connectivity index (χ3v) is 5.41. The van der Waals surface area contributed by atoms with Gasteiger partial charge < -0.3 is 14.0 Å². The van der Waals surface area contributed by atoms with E-state index >= 15 is 0 Å². The second kappa shape index (κ2) is 8.08. The SMILES string of the molecule is O=C(OCc1nc(COc2ccc(F)cc2)no1)C1CC2CCCC(C1)C2=O. The number of esters is 1. The van der Waals surface area contributed by atoms with Gasteiger partial charge in [0.1, 0.15) is 17.3 Å². The monoisotopic (exact) mass is 388 g/mol. The van der Waals surface area contributed by atoms with Crippen molar-refractivity contribution >= 4 is 11.8 Å². The molecule has 8 heteroatoms. The van der Waals surface area contributed by atoms with E-state index in [0.29, 0.717) is 30.2 Å². The van der Waals surface area contributed by atoms with E-state index < -0.39 is 0 Å². The van der Waals surface area contributed by atoms with E-state index in [9.17, 15) is 14.0 Å². The first kappa shape index (κ1) is 18.6. The Morgan fingerprint density at radius 1 is 1.14 bits per heavy atom. The van der Waals surface area contributed by atoms with Gasteiger partial charge in [-0.05, 0) is 49.9 Å². The van der Waals surface area contributed by atoms with Gasteiger partial charge in [0.25, 0.3) is 5.89 Å². The fraction of sp³-hybridized carbons (Fsp3) is 0.500. The highest BCUT2D eigenvalue weighted by atomic mass is 19.1.